The van der Waals surface area contributed by atoms with Gasteiger partial charge in [-0.05, 0) is 25.2 Å². The average Bonchev–Trinajstić information content (AvgIpc) is 2.38. The fourth-order valence-corrected chi connectivity index (χ4v) is 1.33. The average molecular weight is 149 g/mol. The van der Waals surface area contributed by atoms with Crippen molar-refractivity contribution in [1.82, 2.24) is 0 Å². The van der Waals surface area contributed by atoms with Crippen molar-refractivity contribution in [2.24, 2.45) is 5.92 Å². The van der Waals surface area contributed by atoms with Crippen molar-refractivity contribution in [2.75, 3.05) is 5.88 Å². The van der Waals surface area contributed by atoms with Crippen LogP contribution in [0.4, 0.5) is 0 Å². The van der Waals surface area contributed by atoms with Crippen LogP contribution in [0, 0.1) is 5.92 Å². The fraction of sp³-hybridized carbons (Fsp3) is 1.00. The maximum Gasteiger partial charge on any atom is 0.0678 e. The van der Waals surface area contributed by atoms with Gasteiger partial charge in [0.2, 0.25) is 0 Å². The minimum atomic E-state index is -0.325. The molecule has 0 aromatic carbocycles. The summed E-state index contributed by atoms with van der Waals surface area (Å²) >= 11 is 5.47. The molecule has 1 saturated carbocycles. The van der Waals surface area contributed by atoms with Gasteiger partial charge in [-0.25, -0.2) is 0 Å². The summed E-state index contributed by atoms with van der Waals surface area (Å²) in [4.78, 5) is 0. The first-order valence-electron chi connectivity index (χ1n) is 3.47. The second-order valence-corrected chi connectivity index (χ2v) is 3.38. The van der Waals surface area contributed by atoms with Crippen LogP contribution in [0.3, 0.4) is 0 Å². The van der Waals surface area contributed by atoms with Crippen molar-refractivity contribution in [1.29, 1.82) is 0 Å². The summed E-state index contributed by atoms with van der Waals surface area (Å²) < 4.78 is 0. The topological polar surface area (TPSA) is 20.2 Å². The highest BCUT2D eigenvalue weighted by Gasteiger charge is 2.48. The summed E-state index contributed by atoms with van der Waals surface area (Å²) in [6, 6.07) is 0. The van der Waals surface area contributed by atoms with Gasteiger partial charge in [-0.2, -0.15) is 0 Å². The molecular weight excluding hydrogens is 136 g/mol. The third-order valence-corrected chi connectivity index (χ3v) is 2.43. The van der Waals surface area contributed by atoms with Crippen LogP contribution in [-0.4, -0.2) is 16.6 Å². The molecule has 0 spiro atoms. The van der Waals surface area contributed by atoms with Crippen molar-refractivity contribution >= 4 is 11.6 Å². The third-order valence-electron chi connectivity index (χ3n) is 2.16. The number of hydrogen-bond acceptors (Lipinski definition) is 1. The molecule has 0 saturated heterocycles. The second-order valence-electron chi connectivity index (χ2n) is 3.00. The molecule has 0 bridgehead atoms. The third kappa shape index (κ3) is 1.59. The summed E-state index contributed by atoms with van der Waals surface area (Å²) in [5, 5.41) is 9.47. The molecule has 0 heterocycles. The Labute approximate surface area is 61.0 Å². The predicted molar refractivity (Wildman–Crippen MR) is 38.7 cm³/mol. The molecule has 0 amide bonds. The first-order valence-corrected chi connectivity index (χ1v) is 4.01. The highest BCUT2D eigenvalue weighted by atomic mass is 35.5. The molecule has 0 aromatic rings. The quantitative estimate of drug-likeness (QED) is 0.605. The zero-order valence-electron chi connectivity index (χ0n) is 5.73. The Kier molecular flexibility index (Phi) is 2.02. The minimum Gasteiger partial charge on any atom is -0.390 e. The van der Waals surface area contributed by atoms with E-state index in [1.165, 1.54) is 0 Å². The van der Waals surface area contributed by atoms with Gasteiger partial charge in [0.15, 0.2) is 0 Å². The van der Waals surface area contributed by atoms with Gasteiger partial charge < -0.3 is 5.11 Å². The van der Waals surface area contributed by atoms with E-state index in [0.29, 0.717) is 11.8 Å². The van der Waals surface area contributed by atoms with Crippen LogP contribution < -0.4 is 0 Å². The maximum atomic E-state index is 9.47. The zero-order valence-corrected chi connectivity index (χ0v) is 6.49. The number of rotatable bonds is 3. The lowest BCUT2D eigenvalue weighted by molar-refractivity contribution is 0.123. The molecule has 2 atom stereocenters. The summed E-state index contributed by atoms with van der Waals surface area (Å²) in [7, 11) is 0. The molecule has 9 heavy (non-hydrogen) atoms. The molecule has 1 N–H and O–H groups in total. The van der Waals surface area contributed by atoms with Gasteiger partial charge >= 0.3 is 0 Å². The number of hydrogen-bond donors (Lipinski definition) is 1. The molecule has 0 aliphatic heterocycles. The van der Waals surface area contributed by atoms with E-state index in [1.54, 1.807) is 0 Å². The molecule has 0 aromatic heterocycles. The molecule has 1 aliphatic rings. The van der Waals surface area contributed by atoms with Crippen molar-refractivity contribution in [3.8, 4) is 0 Å². The van der Waals surface area contributed by atoms with Gasteiger partial charge in [0.1, 0.15) is 0 Å². The Morgan fingerprint density at radius 3 is 2.67 bits per heavy atom. The van der Waals surface area contributed by atoms with E-state index in [1.807, 2.05) is 0 Å². The van der Waals surface area contributed by atoms with Crippen LogP contribution in [0.25, 0.3) is 0 Å². The second kappa shape index (κ2) is 2.47. The Balaban J connectivity index is 2.13. The molecule has 2 heteroatoms. The maximum absolute atomic E-state index is 9.47. The van der Waals surface area contributed by atoms with Crippen LogP contribution in [0.2, 0.25) is 0 Å². The van der Waals surface area contributed by atoms with Crippen molar-refractivity contribution in [3.05, 3.63) is 0 Å². The van der Waals surface area contributed by atoms with Crippen LogP contribution in [0.1, 0.15) is 26.2 Å². The van der Waals surface area contributed by atoms with Crippen molar-refractivity contribution in [3.63, 3.8) is 0 Å². The molecule has 1 fully saturated rings. The van der Waals surface area contributed by atoms with Gasteiger partial charge in [0, 0.05) is 5.88 Å². The van der Waals surface area contributed by atoms with E-state index in [-0.39, 0.29) is 5.60 Å². The Hall–Kier alpha value is 0.250. The monoisotopic (exact) mass is 148 g/mol. The lowest BCUT2D eigenvalue weighted by Crippen LogP contribution is -2.09. The van der Waals surface area contributed by atoms with Gasteiger partial charge in [0.05, 0.1) is 5.60 Å². The van der Waals surface area contributed by atoms with Crippen LogP contribution >= 0.6 is 11.6 Å². The molecule has 1 aliphatic carbocycles. The van der Waals surface area contributed by atoms with Crippen molar-refractivity contribution < 1.29 is 5.11 Å². The van der Waals surface area contributed by atoms with Crippen LogP contribution in [0.5, 0.6) is 0 Å². The first kappa shape index (κ1) is 7.36. The summed E-state index contributed by atoms with van der Waals surface area (Å²) in [6.45, 7) is 2.08. The highest BCUT2D eigenvalue weighted by Crippen LogP contribution is 2.46. The Morgan fingerprint density at radius 1 is 1.78 bits per heavy atom. The summed E-state index contributed by atoms with van der Waals surface area (Å²) in [6.07, 6.45) is 2.81. The number of alkyl halides is 1. The van der Waals surface area contributed by atoms with Gasteiger partial charge in [-0.3, -0.25) is 0 Å². The molecule has 0 radical (unpaired) electrons. The van der Waals surface area contributed by atoms with E-state index in [2.05, 4.69) is 6.92 Å². The van der Waals surface area contributed by atoms with E-state index < -0.39 is 0 Å². The van der Waals surface area contributed by atoms with Crippen LogP contribution in [0.15, 0.2) is 0 Å². The first-order chi connectivity index (χ1) is 4.19. The molecule has 1 nitrogen and oxygen atoms in total. The molecule has 0 unspecified atom stereocenters. The van der Waals surface area contributed by atoms with E-state index >= 15 is 0 Å². The highest BCUT2D eigenvalue weighted by molar-refractivity contribution is 6.17. The summed E-state index contributed by atoms with van der Waals surface area (Å²) in [5.74, 6) is 1.19. The van der Waals surface area contributed by atoms with Gasteiger partial charge in [-0.1, -0.05) is 6.92 Å². The van der Waals surface area contributed by atoms with Crippen LogP contribution in [-0.2, 0) is 0 Å². The lowest BCUT2D eigenvalue weighted by Gasteiger charge is -2.05. The van der Waals surface area contributed by atoms with E-state index in [9.17, 15) is 5.11 Å². The number of halogens is 1. The molecule has 54 valence electrons. The summed E-state index contributed by atoms with van der Waals surface area (Å²) in [5.41, 5.74) is -0.325. The Bertz CT molecular complexity index is 105. The van der Waals surface area contributed by atoms with Gasteiger partial charge in [-0.15, -0.1) is 11.6 Å². The smallest absolute Gasteiger partial charge is 0.0678 e. The zero-order chi connectivity index (χ0) is 6.91. The minimum absolute atomic E-state index is 0.325. The largest absolute Gasteiger partial charge is 0.390 e. The standard InChI is InChI=1S/C7H13ClO/c1-6-5-7(6,9)3-2-4-8/h6,9H,2-5H2,1H3/t6-,7+/m0/s1. The lowest BCUT2D eigenvalue weighted by atomic mass is 10.1. The molecule has 1 rings (SSSR count). The molecular formula is C7H13ClO. The normalized spacial score (nSPS) is 41.0. The number of aliphatic hydroxyl groups is 1. The van der Waals surface area contributed by atoms with Gasteiger partial charge in [0.25, 0.3) is 0 Å². The van der Waals surface area contributed by atoms with Crippen molar-refractivity contribution in [2.45, 2.75) is 31.8 Å². The van der Waals surface area contributed by atoms with E-state index in [0.717, 1.165) is 19.3 Å². The Morgan fingerprint density at radius 2 is 2.33 bits per heavy atom. The fourth-order valence-electron chi connectivity index (χ4n) is 1.19. The predicted octanol–water partition coefficient (Wildman–Crippen LogP) is 1.78. The SMILES string of the molecule is C[C@H]1C[C@]1(O)CCCCl. The van der Waals surface area contributed by atoms with E-state index in [4.69, 9.17) is 11.6 Å².